The maximum Gasteiger partial charge on any atom is 0.188 e. The number of aromatic nitrogens is 4. The molecule has 1 aliphatic heterocycles. The normalized spacial score (nSPS) is 28.5. The summed E-state index contributed by atoms with van der Waals surface area (Å²) in [4.78, 5) is 3.75. The van der Waals surface area contributed by atoms with Gasteiger partial charge in [0, 0.05) is 19.1 Å². The van der Waals surface area contributed by atoms with Gasteiger partial charge in [-0.2, -0.15) is 4.80 Å². The van der Waals surface area contributed by atoms with Crippen LogP contribution in [0.3, 0.4) is 0 Å². The Balaban J connectivity index is 1.93. The Morgan fingerprint density at radius 2 is 2.29 bits per heavy atom. The predicted molar refractivity (Wildman–Crippen MR) is 51.2 cm³/mol. The van der Waals surface area contributed by atoms with Crippen LogP contribution in [0.25, 0.3) is 0 Å². The number of likely N-dealkylation sites (tertiary alicyclic amines) is 1. The lowest BCUT2D eigenvalue weighted by Gasteiger charge is -2.11. The van der Waals surface area contributed by atoms with E-state index in [1.54, 1.807) is 7.05 Å². The smallest absolute Gasteiger partial charge is 0.188 e. The molecule has 0 radical (unpaired) electrons. The van der Waals surface area contributed by atoms with Crippen LogP contribution in [0.2, 0.25) is 0 Å². The van der Waals surface area contributed by atoms with E-state index in [0.717, 1.165) is 25.5 Å². The van der Waals surface area contributed by atoms with Crippen LogP contribution in [0.5, 0.6) is 0 Å². The van der Waals surface area contributed by atoms with Gasteiger partial charge in [-0.1, -0.05) is 6.92 Å². The molecule has 0 aromatic carbocycles. The maximum atomic E-state index is 5.92. The zero-order valence-corrected chi connectivity index (χ0v) is 8.59. The van der Waals surface area contributed by atoms with Crippen LogP contribution in [-0.4, -0.2) is 44.2 Å². The third-order valence-electron chi connectivity index (χ3n) is 2.66. The molecule has 2 unspecified atom stereocenters. The zero-order chi connectivity index (χ0) is 10.1. The Morgan fingerprint density at radius 3 is 2.79 bits per heavy atom. The van der Waals surface area contributed by atoms with E-state index < -0.39 is 0 Å². The second-order valence-corrected chi connectivity index (χ2v) is 4.03. The number of aryl methyl sites for hydroxylation is 1. The topological polar surface area (TPSA) is 72.9 Å². The largest absolute Gasteiger partial charge is 0.326 e. The van der Waals surface area contributed by atoms with E-state index in [4.69, 9.17) is 5.73 Å². The van der Waals surface area contributed by atoms with Crippen molar-refractivity contribution in [1.82, 2.24) is 25.1 Å². The van der Waals surface area contributed by atoms with E-state index >= 15 is 0 Å². The van der Waals surface area contributed by atoms with Gasteiger partial charge in [0.25, 0.3) is 0 Å². The summed E-state index contributed by atoms with van der Waals surface area (Å²) in [7, 11) is 1.77. The van der Waals surface area contributed by atoms with Gasteiger partial charge in [-0.15, -0.1) is 10.2 Å². The van der Waals surface area contributed by atoms with Gasteiger partial charge in [0.1, 0.15) is 0 Å². The van der Waals surface area contributed by atoms with Crippen LogP contribution in [0.1, 0.15) is 12.7 Å². The third kappa shape index (κ3) is 1.91. The van der Waals surface area contributed by atoms with Gasteiger partial charge in [-0.25, -0.2) is 0 Å². The first-order valence-corrected chi connectivity index (χ1v) is 4.86. The van der Waals surface area contributed by atoms with Crippen LogP contribution in [0, 0.1) is 5.92 Å². The zero-order valence-electron chi connectivity index (χ0n) is 8.59. The van der Waals surface area contributed by atoms with Crippen molar-refractivity contribution < 1.29 is 0 Å². The van der Waals surface area contributed by atoms with Crippen molar-refractivity contribution in [2.75, 3.05) is 13.1 Å². The molecule has 0 bridgehead atoms. The second kappa shape index (κ2) is 3.62. The number of hydrogen-bond acceptors (Lipinski definition) is 5. The minimum absolute atomic E-state index is 0.284. The molecule has 1 aromatic heterocycles. The average molecular weight is 196 g/mol. The SMILES string of the molecule is CC1CN(Cc2nnn(C)n2)CC1N. The van der Waals surface area contributed by atoms with E-state index in [2.05, 4.69) is 27.2 Å². The lowest BCUT2D eigenvalue weighted by molar-refractivity contribution is 0.310. The van der Waals surface area contributed by atoms with E-state index in [9.17, 15) is 0 Å². The molecule has 2 N–H and O–H groups in total. The third-order valence-corrected chi connectivity index (χ3v) is 2.66. The molecule has 1 aromatic rings. The van der Waals surface area contributed by atoms with Crippen LogP contribution in [-0.2, 0) is 13.6 Å². The summed E-state index contributed by atoms with van der Waals surface area (Å²) in [6, 6.07) is 0.284. The van der Waals surface area contributed by atoms with E-state index in [0.29, 0.717) is 5.92 Å². The number of tetrazole rings is 1. The first-order chi connectivity index (χ1) is 6.65. The van der Waals surface area contributed by atoms with Crippen LogP contribution in [0.15, 0.2) is 0 Å². The minimum Gasteiger partial charge on any atom is -0.326 e. The van der Waals surface area contributed by atoms with E-state index in [-0.39, 0.29) is 6.04 Å². The lowest BCUT2D eigenvalue weighted by atomic mass is 10.1. The highest BCUT2D eigenvalue weighted by molar-refractivity contribution is 4.87. The summed E-state index contributed by atoms with van der Waals surface area (Å²) < 4.78 is 0. The fourth-order valence-corrected chi connectivity index (χ4v) is 1.81. The molecule has 0 saturated carbocycles. The summed E-state index contributed by atoms with van der Waals surface area (Å²) in [5.74, 6) is 1.33. The van der Waals surface area contributed by atoms with E-state index in [1.165, 1.54) is 4.80 Å². The number of nitrogens with zero attached hydrogens (tertiary/aromatic N) is 5. The summed E-state index contributed by atoms with van der Waals surface area (Å²) in [5, 5.41) is 11.9. The van der Waals surface area contributed by atoms with Gasteiger partial charge in [-0.05, 0) is 11.1 Å². The van der Waals surface area contributed by atoms with Crippen molar-refractivity contribution in [1.29, 1.82) is 0 Å². The summed E-state index contributed by atoms with van der Waals surface area (Å²) in [5.41, 5.74) is 5.92. The maximum absolute atomic E-state index is 5.92. The molecule has 0 aliphatic carbocycles. The van der Waals surface area contributed by atoms with Crippen molar-refractivity contribution in [2.45, 2.75) is 19.5 Å². The Bertz CT molecular complexity index is 299. The molecule has 6 heteroatoms. The first-order valence-electron chi connectivity index (χ1n) is 4.86. The highest BCUT2D eigenvalue weighted by atomic mass is 15.6. The molecular formula is C8H16N6. The van der Waals surface area contributed by atoms with Gasteiger partial charge in [-0.3, -0.25) is 4.90 Å². The monoisotopic (exact) mass is 196 g/mol. The molecule has 2 rings (SSSR count). The van der Waals surface area contributed by atoms with Crippen molar-refractivity contribution in [3.8, 4) is 0 Å². The van der Waals surface area contributed by atoms with Crippen molar-refractivity contribution >= 4 is 0 Å². The fourth-order valence-electron chi connectivity index (χ4n) is 1.81. The van der Waals surface area contributed by atoms with Crippen molar-refractivity contribution in [3.63, 3.8) is 0 Å². The molecule has 0 amide bonds. The Hall–Kier alpha value is -1.01. The van der Waals surface area contributed by atoms with Crippen LogP contribution >= 0.6 is 0 Å². The first kappa shape index (κ1) is 9.54. The summed E-state index contributed by atoms with van der Waals surface area (Å²) in [6.07, 6.45) is 0. The number of rotatable bonds is 2. The average Bonchev–Trinajstić information content (AvgIpc) is 2.62. The van der Waals surface area contributed by atoms with E-state index in [1.807, 2.05) is 0 Å². The fraction of sp³-hybridized carbons (Fsp3) is 0.875. The molecule has 2 heterocycles. The number of nitrogens with two attached hydrogens (primary N) is 1. The second-order valence-electron chi connectivity index (χ2n) is 4.03. The predicted octanol–water partition coefficient (Wildman–Crippen LogP) is -1.01. The van der Waals surface area contributed by atoms with Crippen LogP contribution < -0.4 is 5.73 Å². The van der Waals surface area contributed by atoms with Gasteiger partial charge in [0.15, 0.2) is 5.82 Å². The van der Waals surface area contributed by atoms with Crippen molar-refractivity contribution in [3.05, 3.63) is 5.82 Å². The molecule has 0 spiro atoms. The van der Waals surface area contributed by atoms with Crippen molar-refractivity contribution in [2.24, 2.45) is 18.7 Å². The standard InChI is InChI=1S/C8H16N6/c1-6-3-14(4-7(6)9)5-8-10-12-13(2)11-8/h6-7H,3-5,9H2,1-2H3. The molecule has 6 nitrogen and oxygen atoms in total. The molecule has 1 fully saturated rings. The van der Waals surface area contributed by atoms with Gasteiger partial charge in [0.2, 0.25) is 0 Å². The molecule has 14 heavy (non-hydrogen) atoms. The Labute approximate surface area is 83.1 Å². The molecular weight excluding hydrogens is 180 g/mol. The summed E-state index contributed by atoms with van der Waals surface area (Å²) in [6.45, 7) is 4.89. The van der Waals surface area contributed by atoms with Crippen LogP contribution in [0.4, 0.5) is 0 Å². The van der Waals surface area contributed by atoms with Gasteiger partial charge >= 0.3 is 0 Å². The molecule has 1 aliphatic rings. The minimum atomic E-state index is 0.284. The Kier molecular flexibility index (Phi) is 2.47. The highest BCUT2D eigenvalue weighted by Gasteiger charge is 2.27. The number of hydrogen-bond donors (Lipinski definition) is 1. The highest BCUT2D eigenvalue weighted by Crippen LogP contribution is 2.15. The summed E-state index contributed by atoms with van der Waals surface area (Å²) >= 11 is 0. The Morgan fingerprint density at radius 1 is 1.50 bits per heavy atom. The lowest BCUT2D eigenvalue weighted by Crippen LogP contribution is -2.28. The van der Waals surface area contributed by atoms with Gasteiger partial charge in [0.05, 0.1) is 13.6 Å². The molecule has 78 valence electrons. The quantitative estimate of drug-likeness (QED) is 0.656. The van der Waals surface area contributed by atoms with Gasteiger partial charge < -0.3 is 5.73 Å². The molecule has 2 atom stereocenters. The molecule has 1 saturated heterocycles.